The third kappa shape index (κ3) is 3.06. The Labute approximate surface area is 117 Å². The van der Waals surface area contributed by atoms with Crippen LogP contribution in [0, 0.1) is 17.7 Å². The summed E-state index contributed by atoms with van der Waals surface area (Å²) in [5, 5.41) is 4.34. The third-order valence-corrected chi connectivity index (χ3v) is 5.02. The Hall–Kier alpha value is -1.16. The number of nitrogens with one attached hydrogen (secondary N) is 1. The molecule has 3 rings (SSSR count). The van der Waals surface area contributed by atoms with Crippen LogP contribution in [0.2, 0.25) is 0 Å². The molecule has 0 aliphatic heterocycles. The lowest BCUT2D eigenvalue weighted by Crippen LogP contribution is -2.20. The fourth-order valence-corrected chi connectivity index (χ4v) is 3.59. The monoisotopic (exact) mass is 278 g/mol. The van der Waals surface area contributed by atoms with Crippen LogP contribution in [0.5, 0.6) is 0 Å². The molecule has 0 radical (unpaired) electrons. The molecule has 0 atom stereocenters. The van der Waals surface area contributed by atoms with Crippen LogP contribution in [0.1, 0.15) is 32.6 Å². The predicted molar refractivity (Wildman–Crippen MR) is 79.2 cm³/mol. The number of benzene rings is 1. The number of thiazole rings is 1. The molecule has 0 bridgehead atoms. The van der Waals surface area contributed by atoms with Crippen LogP contribution in [0.4, 0.5) is 9.52 Å². The van der Waals surface area contributed by atoms with Crippen molar-refractivity contribution >= 4 is 26.7 Å². The Morgan fingerprint density at radius 1 is 1.32 bits per heavy atom. The summed E-state index contributed by atoms with van der Waals surface area (Å²) in [6, 6.07) is 4.79. The first-order valence-electron chi connectivity index (χ1n) is 7.00. The van der Waals surface area contributed by atoms with Gasteiger partial charge in [-0.25, -0.2) is 9.37 Å². The summed E-state index contributed by atoms with van der Waals surface area (Å²) in [4.78, 5) is 4.44. The van der Waals surface area contributed by atoms with Gasteiger partial charge in [-0.05, 0) is 36.8 Å². The normalized spacial score (nSPS) is 23.7. The van der Waals surface area contributed by atoms with E-state index >= 15 is 0 Å². The molecule has 19 heavy (non-hydrogen) atoms. The van der Waals surface area contributed by atoms with Crippen LogP contribution in [0.3, 0.4) is 0 Å². The summed E-state index contributed by atoms with van der Waals surface area (Å²) < 4.78 is 14.1. The average molecular weight is 278 g/mol. The van der Waals surface area contributed by atoms with Crippen LogP contribution in [-0.2, 0) is 0 Å². The first kappa shape index (κ1) is 12.9. The van der Waals surface area contributed by atoms with E-state index in [1.807, 2.05) is 0 Å². The van der Waals surface area contributed by atoms with E-state index < -0.39 is 0 Å². The van der Waals surface area contributed by atoms with Crippen molar-refractivity contribution in [2.45, 2.75) is 32.6 Å². The predicted octanol–water partition coefficient (Wildman–Crippen LogP) is 4.67. The molecule has 1 saturated carbocycles. The number of aromatic nitrogens is 1. The number of hydrogen-bond acceptors (Lipinski definition) is 3. The van der Waals surface area contributed by atoms with Gasteiger partial charge in [0.05, 0.1) is 10.2 Å². The molecule has 0 unspecified atom stereocenters. The van der Waals surface area contributed by atoms with Gasteiger partial charge in [-0.2, -0.15) is 0 Å². The van der Waals surface area contributed by atoms with Crippen molar-refractivity contribution in [2.24, 2.45) is 11.8 Å². The van der Waals surface area contributed by atoms with E-state index in [1.54, 1.807) is 17.4 Å². The zero-order valence-corrected chi connectivity index (χ0v) is 12.0. The fraction of sp³-hybridized carbons (Fsp3) is 0.533. The van der Waals surface area contributed by atoms with Crippen LogP contribution in [0.25, 0.3) is 10.2 Å². The molecule has 0 spiro atoms. The zero-order chi connectivity index (χ0) is 13.2. The van der Waals surface area contributed by atoms with Gasteiger partial charge < -0.3 is 5.32 Å². The summed E-state index contributed by atoms with van der Waals surface area (Å²) in [6.45, 7) is 3.33. The van der Waals surface area contributed by atoms with Gasteiger partial charge in [-0.3, -0.25) is 0 Å². The molecule has 1 heterocycles. The third-order valence-electron chi connectivity index (χ3n) is 4.03. The first-order valence-corrected chi connectivity index (χ1v) is 7.82. The van der Waals surface area contributed by atoms with E-state index in [0.29, 0.717) is 0 Å². The Balaban J connectivity index is 1.62. The molecule has 1 fully saturated rings. The molecule has 0 saturated heterocycles. The van der Waals surface area contributed by atoms with Crippen LogP contribution < -0.4 is 5.32 Å². The van der Waals surface area contributed by atoms with E-state index in [2.05, 4.69) is 17.2 Å². The number of anilines is 1. The molecule has 1 aromatic carbocycles. The lowest BCUT2D eigenvalue weighted by atomic mass is 9.83. The van der Waals surface area contributed by atoms with Crippen LogP contribution in [0.15, 0.2) is 18.2 Å². The average Bonchev–Trinajstić information content (AvgIpc) is 2.80. The van der Waals surface area contributed by atoms with E-state index in [9.17, 15) is 4.39 Å². The van der Waals surface area contributed by atoms with Gasteiger partial charge in [0.25, 0.3) is 0 Å². The summed E-state index contributed by atoms with van der Waals surface area (Å²) >= 11 is 1.61. The molecule has 2 aromatic rings. The minimum absolute atomic E-state index is 0.217. The Morgan fingerprint density at radius 3 is 2.89 bits per heavy atom. The summed E-state index contributed by atoms with van der Waals surface area (Å²) in [5.41, 5.74) is 0.754. The standard InChI is InChI=1S/C15H19FN2S/c1-10-2-4-11(5-3-10)9-17-15-18-13-8-12(16)6-7-14(13)19-15/h6-8,10-11H,2-5,9H2,1H3,(H,17,18). The van der Waals surface area contributed by atoms with Crippen molar-refractivity contribution in [1.82, 2.24) is 4.98 Å². The van der Waals surface area contributed by atoms with Gasteiger partial charge in [0.15, 0.2) is 5.13 Å². The van der Waals surface area contributed by atoms with E-state index in [0.717, 1.165) is 33.7 Å². The molecule has 4 heteroatoms. The molecule has 1 aliphatic carbocycles. The van der Waals surface area contributed by atoms with Gasteiger partial charge in [-0.15, -0.1) is 0 Å². The van der Waals surface area contributed by atoms with Crippen molar-refractivity contribution in [2.75, 3.05) is 11.9 Å². The molecule has 2 nitrogen and oxygen atoms in total. The maximum Gasteiger partial charge on any atom is 0.183 e. The molecular formula is C15H19FN2S. The largest absolute Gasteiger partial charge is 0.361 e. The number of halogens is 1. The van der Waals surface area contributed by atoms with Crippen LogP contribution in [-0.4, -0.2) is 11.5 Å². The highest BCUT2D eigenvalue weighted by Crippen LogP contribution is 2.30. The fourth-order valence-electron chi connectivity index (χ4n) is 2.74. The second-order valence-corrected chi connectivity index (χ2v) is 6.67. The molecular weight excluding hydrogens is 259 g/mol. The number of hydrogen-bond donors (Lipinski definition) is 1. The molecule has 1 aliphatic rings. The summed E-state index contributed by atoms with van der Waals surface area (Å²) in [5.74, 6) is 1.44. The van der Waals surface area contributed by atoms with E-state index in [4.69, 9.17) is 0 Å². The molecule has 102 valence electrons. The summed E-state index contributed by atoms with van der Waals surface area (Å²) in [7, 11) is 0. The SMILES string of the molecule is CC1CCC(CNc2nc3cc(F)ccc3s2)CC1. The number of rotatable bonds is 3. The van der Waals surface area contributed by atoms with Crippen molar-refractivity contribution in [3.05, 3.63) is 24.0 Å². The number of fused-ring (bicyclic) bond motifs is 1. The van der Waals surface area contributed by atoms with Crippen molar-refractivity contribution in [3.8, 4) is 0 Å². The molecule has 0 amide bonds. The smallest absolute Gasteiger partial charge is 0.183 e. The second kappa shape index (κ2) is 5.45. The minimum atomic E-state index is -0.217. The highest BCUT2D eigenvalue weighted by molar-refractivity contribution is 7.22. The quantitative estimate of drug-likeness (QED) is 0.882. The van der Waals surface area contributed by atoms with Gasteiger partial charge in [0, 0.05) is 12.6 Å². The summed E-state index contributed by atoms with van der Waals surface area (Å²) in [6.07, 6.45) is 5.32. The van der Waals surface area contributed by atoms with Gasteiger partial charge >= 0.3 is 0 Å². The minimum Gasteiger partial charge on any atom is -0.361 e. The van der Waals surface area contributed by atoms with E-state index in [-0.39, 0.29) is 5.82 Å². The number of nitrogens with zero attached hydrogens (tertiary/aromatic N) is 1. The van der Waals surface area contributed by atoms with Gasteiger partial charge in [0.1, 0.15) is 5.82 Å². The maximum atomic E-state index is 13.1. The van der Waals surface area contributed by atoms with Gasteiger partial charge in [0.2, 0.25) is 0 Å². The van der Waals surface area contributed by atoms with Crippen LogP contribution >= 0.6 is 11.3 Å². The van der Waals surface area contributed by atoms with Crippen molar-refractivity contribution in [3.63, 3.8) is 0 Å². The Kier molecular flexibility index (Phi) is 3.69. The Bertz CT molecular complexity index is 558. The highest BCUT2D eigenvalue weighted by atomic mass is 32.1. The first-order chi connectivity index (χ1) is 9.20. The van der Waals surface area contributed by atoms with Gasteiger partial charge in [-0.1, -0.05) is 31.1 Å². The molecule has 1 N–H and O–H groups in total. The highest BCUT2D eigenvalue weighted by Gasteiger charge is 2.18. The Morgan fingerprint density at radius 2 is 2.11 bits per heavy atom. The van der Waals surface area contributed by atoms with E-state index in [1.165, 1.54) is 37.8 Å². The maximum absolute atomic E-state index is 13.1. The topological polar surface area (TPSA) is 24.9 Å². The lowest BCUT2D eigenvalue weighted by molar-refractivity contribution is 0.300. The zero-order valence-electron chi connectivity index (χ0n) is 11.2. The molecule has 1 aromatic heterocycles. The van der Waals surface area contributed by atoms with Crippen molar-refractivity contribution in [1.29, 1.82) is 0 Å². The second-order valence-electron chi connectivity index (χ2n) is 5.64. The van der Waals surface area contributed by atoms with Crippen molar-refractivity contribution < 1.29 is 4.39 Å². The lowest BCUT2D eigenvalue weighted by Gasteiger charge is -2.26.